The highest BCUT2D eigenvalue weighted by molar-refractivity contribution is 6.44. The minimum absolute atomic E-state index is 0.224. The number of carbonyl (C=O) groups excluding carboxylic acids is 1. The highest BCUT2D eigenvalue weighted by Crippen LogP contribution is 2.09. The van der Waals surface area contributed by atoms with Gasteiger partial charge in [0.25, 0.3) is 0 Å². The van der Waals surface area contributed by atoms with Gasteiger partial charge in [-0.2, -0.15) is 0 Å². The molecule has 0 bridgehead atoms. The molecule has 0 spiro atoms. The van der Waals surface area contributed by atoms with E-state index >= 15 is 0 Å². The van der Waals surface area contributed by atoms with E-state index in [0.29, 0.717) is 19.4 Å². The highest BCUT2D eigenvalue weighted by atomic mass is 35.5. The minimum Gasteiger partial charge on any atom is -0.466 e. The number of hydrogen-bond donors (Lipinski definition) is 0. The van der Waals surface area contributed by atoms with Crippen LogP contribution in [0.15, 0.2) is 0 Å². The molecule has 0 unspecified atom stereocenters. The highest BCUT2D eigenvalue weighted by Gasteiger charge is 2.05. The molecule has 11 heavy (non-hydrogen) atoms. The summed E-state index contributed by atoms with van der Waals surface area (Å²) < 4.78 is 4.79. The van der Waals surface area contributed by atoms with E-state index in [9.17, 15) is 4.79 Å². The lowest BCUT2D eigenvalue weighted by atomic mass is 10.3. The molecule has 0 aliphatic heterocycles. The maximum Gasteiger partial charge on any atom is 0.305 e. The van der Waals surface area contributed by atoms with Gasteiger partial charge in [0.15, 0.2) is 0 Å². The van der Waals surface area contributed by atoms with Gasteiger partial charge in [-0.3, -0.25) is 4.79 Å². The summed E-state index contributed by atoms with van der Waals surface area (Å²) in [7, 11) is 0. The third kappa shape index (κ3) is 7.95. The van der Waals surface area contributed by atoms with Crippen molar-refractivity contribution in [3.63, 3.8) is 0 Å². The molecule has 0 aromatic carbocycles. The van der Waals surface area contributed by atoms with E-state index in [1.54, 1.807) is 0 Å². The topological polar surface area (TPSA) is 26.3 Å². The van der Waals surface area contributed by atoms with Gasteiger partial charge in [-0.25, -0.2) is 0 Å². The summed E-state index contributed by atoms with van der Waals surface area (Å²) in [5.41, 5.74) is 0. The van der Waals surface area contributed by atoms with Crippen molar-refractivity contribution in [1.29, 1.82) is 0 Å². The van der Waals surface area contributed by atoms with E-state index in [-0.39, 0.29) is 5.97 Å². The molecule has 0 N–H and O–H groups in total. The molecular formula is C7H12Cl2O2. The van der Waals surface area contributed by atoms with Crippen molar-refractivity contribution >= 4 is 29.2 Å². The molecule has 0 atom stereocenters. The van der Waals surface area contributed by atoms with Crippen LogP contribution >= 0.6 is 23.2 Å². The van der Waals surface area contributed by atoms with E-state index in [2.05, 4.69) is 0 Å². The zero-order valence-corrected chi connectivity index (χ0v) is 7.99. The van der Waals surface area contributed by atoms with Gasteiger partial charge < -0.3 is 4.74 Å². The van der Waals surface area contributed by atoms with Gasteiger partial charge in [0.2, 0.25) is 0 Å². The summed E-state index contributed by atoms with van der Waals surface area (Å²) >= 11 is 10.8. The van der Waals surface area contributed by atoms with Gasteiger partial charge in [0.1, 0.15) is 4.84 Å². The third-order valence-electron chi connectivity index (χ3n) is 1.03. The lowest BCUT2D eigenvalue weighted by molar-refractivity contribution is -0.143. The van der Waals surface area contributed by atoms with Crippen molar-refractivity contribution in [2.24, 2.45) is 0 Å². The third-order valence-corrected chi connectivity index (χ3v) is 1.47. The lowest BCUT2D eigenvalue weighted by Gasteiger charge is -2.02. The second kappa shape index (κ2) is 6.74. The molecule has 0 aromatic rings. The second-order valence-corrected chi connectivity index (χ2v) is 3.43. The normalized spacial score (nSPS) is 10.2. The van der Waals surface area contributed by atoms with Crippen LogP contribution in [0.2, 0.25) is 0 Å². The van der Waals surface area contributed by atoms with E-state index in [0.717, 1.165) is 6.42 Å². The first-order chi connectivity index (χ1) is 5.16. The lowest BCUT2D eigenvalue weighted by Crippen LogP contribution is -2.06. The molecule has 4 heteroatoms. The summed E-state index contributed by atoms with van der Waals surface area (Å²) in [5.74, 6) is -0.224. The van der Waals surface area contributed by atoms with Crippen LogP contribution in [-0.4, -0.2) is 17.4 Å². The zero-order valence-electron chi connectivity index (χ0n) is 6.48. The van der Waals surface area contributed by atoms with Crippen molar-refractivity contribution in [2.75, 3.05) is 6.61 Å². The standard InChI is InChI=1S/C7H12Cl2O2/c1-2-5-11-7(10)4-3-6(8)9/h6H,2-5H2,1H3. The molecule has 0 saturated carbocycles. The van der Waals surface area contributed by atoms with Gasteiger partial charge >= 0.3 is 5.97 Å². The first-order valence-electron chi connectivity index (χ1n) is 3.60. The van der Waals surface area contributed by atoms with E-state index in [4.69, 9.17) is 27.9 Å². The molecule has 2 nitrogen and oxygen atoms in total. The maximum absolute atomic E-state index is 10.8. The first kappa shape index (κ1) is 11.1. The van der Waals surface area contributed by atoms with Crippen molar-refractivity contribution < 1.29 is 9.53 Å². The predicted octanol–water partition coefficient (Wildman–Crippen LogP) is 2.52. The van der Waals surface area contributed by atoms with Crippen LogP contribution in [0.5, 0.6) is 0 Å². The average molecular weight is 199 g/mol. The number of carbonyl (C=O) groups is 1. The SMILES string of the molecule is CCCOC(=O)CCC(Cl)Cl. The number of alkyl halides is 2. The number of rotatable bonds is 5. The average Bonchev–Trinajstić information content (AvgIpc) is 1.97. The molecule has 0 radical (unpaired) electrons. The molecule has 0 saturated heterocycles. The van der Waals surface area contributed by atoms with Crippen molar-refractivity contribution in [1.82, 2.24) is 0 Å². The Balaban J connectivity index is 3.23. The Morgan fingerprint density at radius 1 is 1.55 bits per heavy atom. The molecular weight excluding hydrogens is 187 g/mol. The molecule has 0 heterocycles. The van der Waals surface area contributed by atoms with Crippen molar-refractivity contribution in [3.05, 3.63) is 0 Å². The van der Waals surface area contributed by atoms with Crippen LogP contribution in [0.1, 0.15) is 26.2 Å². The number of halogens is 2. The Hall–Kier alpha value is 0.0500. The van der Waals surface area contributed by atoms with Crippen molar-refractivity contribution in [2.45, 2.75) is 31.0 Å². The summed E-state index contributed by atoms with van der Waals surface area (Å²) in [6, 6.07) is 0. The summed E-state index contributed by atoms with van der Waals surface area (Å²) in [5, 5.41) is 0. The van der Waals surface area contributed by atoms with Gasteiger partial charge in [-0.1, -0.05) is 6.92 Å². The van der Waals surface area contributed by atoms with Crippen LogP contribution in [0.3, 0.4) is 0 Å². The first-order valence-corrected chi connectivity index (χ1v) is 4.48. The Kier molecular flexibility index (Phi) is 6.77. The molecule has 66 valence electrons. The van der Waals surface area contributed by atoms with Gasteiger partial charge in [0, 0.05) is 6.42 Å². The fraction of sp³-hybridized carbons (Fsp3) is 0.857. The molecule has 0 rings (SSSR count). The smallest absolute Gasteiger partial charge is 0.305 e. The molecule has 0 aliphatic rings. The van der Waals surface area contributed by atoms with Gasteiger partial charge in [0.05, 0.1) is 6.61 Å². The molecule has 0 fully saturated rings. The monoisotopic (exact) mass is 198 g/mol. The molecule has 0 aromatic heterocycles. The van der Waals surface area contributed by atoms with Crippen LogP contribution < -0.4 is 0 Å². The fourth-order valence-corrected chi connectivity index (χ4v) is 0.733. The quantitative estimate of drug-likeness (QED) is 0.502. The van der Waals surface area contributed by atoms with E-state index < -0.39 is 4.84 Å². The van der Waals surface area contributed by atoms with E-state index in [1.807, 2.05) is 6.92 Å². The Bertz CT molecular complexity index is 115. The number of hydrogen-bond acceptors (Lipinski definition) is 2. The van der Waals surface area contributed by atoms with Gasteiger partial charge in [-0.15, -0.1) is 23.2 Å². The van der Waals surface area contributed by atoms with Crippen LogP contribution in [0.25, 0.3) is 0 Å². The summed E-state index contributed by atoms with van der Waals surface area (Å²) in [6.07, 6.45) is 1.61. The van der Waals surface area contributed by atoms with E-state index in [1.165, 1.54) is 0 Å². The number of esters is 1. The minimum atomic E-state index is -0.468. The Morgan fingerprint density at radius 2 is 2.18 bits per heavy atom. The van der Waals surface area contributed by atoms with Crippen LogP contribution in [0.4, 0.5) is 0 Å². The maximum atomic E-state index is 10.8. The predicted molar refractivity (Wildman–Crippen MR) is 46.0 cm³/mol. The second-order valence-electron chi connectivity index (χ2n) is 2.15. The largest absolute Gasteiger partial charge is 0.466 e. The zero-order chi connectivity index (χ0) is 8.69. The molecule has 0 aliphatic carbocycles. The summed E-state index contributed by atoms with van der Waals surface area (Å²) in [4.78, 5) is 10.3. The van der Waals surface area contributed by atoms with Crippen LogP contribution in [0, 0.1) is 0 Å². The molecule has 0 amide bonds. The number of ether oxygens (including phenoxy) is 1. The van der Waals surface area contributed by atoms with Crippen molar-refractivity contribution in [3.8, 4) is 0 Å². The Labute approximate surface area is 76.8 Å². The summed E-state index contributed by atoms with van der Waals surface area (Å²) in [6.45, 7) is 2.42. The fourth-order valence-electron chi connectivity index (χ4n) is 0.515. The Morgan fingerprint density at radius 3 is 2.64 bits per heavy atom. The van der Waals surface area contributed by atoms with Crippen LogP contribution in [-0.2, 0) is 9.53 Å². The van der Waals surface area contributed by atoms with Gasteiger partial charge in [-0.05, 0) is 12.8 Å².